The number of urea groups is 1. The molecule has 9 rings (SSSR count). The predicted octanol–water partition coefficient (Wildman–Crippen LogP) is 8.11. The highest BCUT2D eigenvalue weighted by Gasteiger charge is 2.36. The van der Waals surface area contributed by atoms with Gasteiger partial charge in [-0.25, -0.2) is 25.0 Å². The van der Waals surface area contributed by atoms with E-state index in [-0.39, 0.29) is 24.0 Å². The lowest BCUT2D eigenvalue weighted by molar-refractivity contribution is -0.131. The molecule has 0 aliphatic carbocycles. The summed E-state index contributed by atoms with van der Waals surface area (Å²) >= 11 is 0. The van der Waals surface area contributed by atoms with Gasteiger partial charge in [0.25, 0.3) is 0 Å². The number of fused-ring (bicyclic) bond motifs is 2. The van der Waals surface area contributed by atoms with Crippen molar-refractivity contribution in [3.8, 4) is 22.3 Å². The lowest BCUT2D eigenvalue weighted by Crippen LogP contribution is -2.52. The Morgan fingerprint density at radius 1 is 0.719 bits per heavy atom. The molecule has 286 valence electrons. The first kappa shape index (κ1) is 35.7. The molecule has 13 nitrogen and oxygen atoms in total. The molecule has 0 radical (unpaired) electrons. The third-order valence-corrected chi connectivity index (χ3v) is 11.0. The SMILES string of the molecule is COC(=O)NN(C(=O)N1CCC[C@H]1c1nc2ccc(-c3ccc(-c4ccc5nc([C@@H]6CCCN6C(=O)Cc6ccncc6)[nH]c5c4)cc3)cc2[nH]1)c1ccccc1. The van der Waals surface area contributed by atoms with Crippen molar-refractivity contribution in [2.45, 2.75) is 44.2 Å². The van der Waals surface area contributed by atoms with Crippen molar-refractivity contribution in [2.24, 2.45) is 0 Å². The average molecular weight is 760 g/mol. The summed E-state index contributed by atoms with van der Waals surface area (Å²) < 4.78 is 4.80. The number of hydrogen-bond acceptors (Lipinski definition) is 7. The van der Waals surface area contributed by atoms with Crippen LogP contribution in [0.25, 0.3) is 44.3 Å². The normalized spacial score (nSPS) is 16.6. The zero-order valence-electron chi connectivity index (χ0n) is 31.4. The zero-order chi connectivity index (χ0) is 38.9. The number of anilines is 1. The summed E-state index contributed by atoms with van der Waals surface area (Å²) in [6, 6.07) is 32.9. The van der Waals surface area contributed by atoms with Gasteiger partial charge in [0, 0.05) is 25.5 Å². The number of nitrogens with zero attached hydrogens (tertiary/aromatic N) is 6. The Kier molecular flexibility index (Phi) is 9.54. The number of nitrogens with one attached hydrogen (secondary N) is 3. The zero-order valence-corrected chi connectivity index (χ0v) is 31.4. The van der Waals surface area contributed by atoms with Gasteiger partial charge in [0.1, 0.15) is 11.6 Å². The van der Waals surface area contributed by atoms with E-state index in [1.165, 1.54) is 12.1 Å². The molecule has 2 aliphatic rings. The van der Waals surface area contributed by atoms with Crippen molar-refractivity contribution >= 4 is 45.8 Å². The molecule has 4 aromatic carbocycles. The second-order valence-corrected chi connectivity index (χ2v) is 14.5. The summed E-state index contributed by atoms with van der Waals surface area (Å²) in [6.45, 7) is 1.25. The number of benzene rings is 4. The van der Waals surface area contributed by atoms with E-state index in [0.29, 0.717) is 24.5 Å². The second-order valence-electron chi connectivity index (χ2n) is 14.5. The number of carbonyl (C=O) groups is 3. The number of aromatic nitrogens is 5. The Morgan fingerprint density at radius 2 is 1.26 bits per heavy atom. The lowest BCUT2D eigenvalue weighted by Gasteiger charge is -2.30. The molecule has 57 heavy (non-hydrogen) atoms. The van der Waals surface area contributed by atoms with Crippen LogP contribution in [-0.4, -0.2) is 73.0 Å². The van der Waals surface area contributed by atoms with Crippen LogP contribution in [0.3, 0.4) is 0 Å². The molecule has 3 aromatic heterocycles. The van der Waals surface area contributed by atoms with Crippen LogP contribution >= 0.6 is 0 Å². The smallest absolute Gasteiger partial charge is 0.426 e. The Balaban J connectivity index is 0.907. The third-order valence-electron chi connectivity index (χ3n) is 11.0. The number of aromatic amines is 2. The summed E-state index contributed by atoms with van der Waals surface area (Å²) in [5.41, 5.74) is 11.8. The van der Waals surface area contributed by atoms with Gasteiger partial charge < -0.3 is 24.5 Å². The van der Waals surface area contributed by atoms with Crippen LogP contribution in [0.15, 0.2) is 116 Å². The number of H-pyrrole nitrogens is 2. The molecule has 4 amide bonds. The Labute approximate surface area is 328 Å². The number of rotatable bonds is 7. The minimum atomic E-state index is -0.736. The van der Waals surface area contributed by atoms with E-state index in [4.69, 9.17) is 14.7 Å². The van der Waals surface area contributed by atoms with Gasteiger partial charge in [0.15, 0.2) is 0 Å². The van der Waals surface area contributed by atoms with E-state index >= 15 is 0 Å². The maximum Gasteiger partial charge on any atom is 0.426 e. The molecule has 2 fully saturated rings. The standard InChI is InChI=1S/C44H41N9O4/c1-57-43(55)50-53(33-7-3-2-4-8-33)44(56)52-24-6-10-39(52)42-47-35-18-16-32(27-37(35)49-42)30-13-11-29(12-14-30)31-15-17-34-36(26-31)48-41(46-34)38-9-5-23-51(38)40(54)25-28-19-21-45-22-20-28/h2-4,7-8,11-22,26-27,38-39H,5-6,9-10,23-25H2,1H3,(H,46,48)(H,47,49)(H,50,55)/t38-,39-/m0/s1. The molecule has 5 heterocycles. The van der Waals surface area contributed by atoms with Gasteiger partial charge in [0.2, 0.25) is 5.91 Å². The first-order chi connectivity index (χ1) is 27.9. The molecule has 13 heteroatoms. The highest BCUT2D eigenvalue weighted by molar-refractivity contribution is 5.94. The largest absolute Gasteiger partial charge is 0.452 e. The molecule has 0 spiro atoms. The average Bonchev–Trinajstić information content (AvgIpc) is 4.08. The van der Waals surface area contributed by atoms with E-state index < -0.39 is 6.09 Å². The fourth-order valence-corrected chi connectivity index (χ4v) is 8.06. The number of carbonyl (C=O) groups excluding carboxylic acids is 3. The topological polar surface area (TPSA) is 152 Å². The molecule has 2 saturated heterocycles. The van der Waals surface area contributed by atoms with Crippen molar-refractivity contribution in [1.29, 1.82) is 0 Å². The number of para-hydroxylation sites is 1. The summed E-state index contributed by atoms with van der Waals surface area (Å²) in [4.78, 5) is 63.9. The van der Waals surface area contributed by atoms with Gasteiger partial charge in [-0.2, -0.15) is 5.01 Å². The van der Waals surface area contributed by atoms with E-state index in [1.54, 1.807) is 41.6 Å². The van der Waals surface area contributed by atoms with E-state index in [0.717, 1.165) is 87.9 Å². The van der Waals surface area contributed by atoms with Crippen molar-refractivity contribution < 1.29 is 19.1 Å². The predicted molar refractivity (Wildman–Crippen MR) is 217 cm³/mol. The quantitative estimate of drug-likeness (QED) is 0.139. The molecule has 0 saturated carbocycles. The summed E-state index contributed by atoms with van der Waals surface area (Å²) in [7, 11) is 1.26. The van der Waals surface area contributed by atoms with Crippen molar-refractivity contribution in [3.63, 3.8) is 0 Å². The van der Waals surface area contributed by atoms with Gasteiger partial charge in [-0.3, -0.25) is 9.78 Å². The second kappa shape index (κ2) is 15.3. The highest BCUT2D eigenvalue weighted by Crippen LogP contribution is 2.36. The number of pyridine rings is 1. The fraction of sp³-hybridized carbons (Fsp3) is 0.227. The fourth-order valence-electron chi connectivity index (χ4n) is 8.06. The number of ether oxygens (including phenoxy) is 1. The van der Waals surface area contributed by atoms with Crippen LogP contribution in [0.4, 0.5) is 15.3 Å². The third kappa shape index (κ3) is 7.15. The minimum Gasteiger partial charge on any atom is -0.452 e. The van der Waals surface area contributed by atoms with Crippen molar-refractivity contribution in [1.82, 2.24) is 40.1 Å². The van der Waals surface area contributed by atoms with Crippen LogP contribution in [-0.2, 0) is 16.0 Å². The molecule has 0 bridgehead atoms. The maximum absolute atomic E-state index is 13.9. The van der Waals surface area contributed by atoms with E-state index in [1.807, 2.05) is 35.2 Å². The summed E-state index contributed by atoms with van der Waals surface area (Å²) in [5.74, 6) is 1.63. The van der Waals surface area contributed by atoms with Crippen LogP contribution in [0, 0.1) is 0 Å². The molecule has 2 atom stereocenters. The maximum atomic E-state index is 13.9. The number of methoxy groups -OCH3 is 1. The highest BCUT2D eigenvalue weighted by atomic mass is 16.5. The van der Waals surface area contributed by atoms with Crippen molar-refractivity contribution in [2.75, 3.05) is 25.2 Å². The molecular formula is C44H41N9O4. The van der Waals surface area contributed by atoms with Crippen LogP contribution in [0.5, 0.6) is 0 Å². The first-order valence-electron chi connectivity index (χ1n) is 19.2. The molecule has 3 N–H and O–H groups in total. The van der Waals surface area contributed by atoms with Gasteiger partial charge in [0.05, 0.1) is 53.4 Å². The van der Waals surface area contributed by atoms with Gasteiger partial charge in [-0.15, -0.1) is 0 Å². The van der Waals surface area contributed by atoms with E-state index in [9.17, 15) is 14.4 Å². The molecule has 2 aliphatic heterocycles. The molecular weight excluding hydrogens is 719 g/mol. The monoisotopic (exact) mass is 759 g/mol. The van der Waals surface area contributed by atoms with Crippen LogP contribution in [0.1, 0.15) is 55.0 Å². The Bertz CT molecular complexity index is 2570. The summed E-state index contributed by atoms with van der Waals surface area (Å²) in [5, 5.41) is 1.22. The number of hydrogen-bond donors (Lipinski definition) is 3. The Morgan fingerprint density at radius 3 is 1.84 bits per heavy atom. The Hall–Kier alpha value is -7.02. The van der Waals surface area contributed by atoms with Crippen molar-refractivity contribution in [3.05, 3.63) is 133 Å². The first-order valence-corrected chi connectivity index (χ1v) is 19.2. The van der Waals surface area contributed by atoms with Gasteiger partial charge in [-0.05, 0) is 102 Å². The van der Waals surface area contributed by atoms with Crippen LogP contribution in [0.2, 0.25) is 0 Å². The molecule has 0 unspecified atom stereocenters. The lowest BCUT2D eigenvalue weighted by atomic mass is 10.00. The van der Waals surface area contributed by atoms with Gasteiger partial charge in [-0.1, -0.05) is 54.6 Å². The number of imidazole rings is 2. The minimum absolute atomic E-state index is 0.0716. The summed E-state index contributed by atoms with van der Waals surface area (Å²) in [6.07, 6.45) is 6.41. The van der Waals surface area contributed by atoms with E-state index in [2.05, 4.69) is 68.9 Å². The van der Waals surface area contributed by atoms with Gasteiger partial charge >= 0.3 is 12.1 Å². The number of likely N-dealkylation sites (tertiary alicyclic amines) is 2. The molecule has 7 aromatic rings. The number of hydrazine groups is 1. The number of amides is 4. The van der Waals surface area contributed by atoms with Crippen LogP contribution < -0.4 is 10.4 Å².